The van der Waals surface area contributed by atoms with Gasteiger partial charge in [-0.3, -0.25) is 14.3 Å². The highest BCUT2D eigenvalue weighted by Gasteiger charge is 2.27. The zero-order chi connectivity index (χ0) is 15.6. The first-order valence-corrected chi connectivity index (χ1v) is 6.32. The average Bonchev–Trinajstić information content (AvgIpc) is 2.37. The molecule has 0 aliphatic carbocycles. The van der Waals surface area contributed by atoms with Gasteiger partial charge in [-0.2, -0.15) is 13.2 Å². The molecule has 21 heavy (non-hydrogen) atoms. The van der Waals surface area contributed by atoms with E-state index in [1.807, 2.05) is 0 Å². The largest absolute Gasteiger partial charge is 0.390 e. The number of nitrogens with zero attached hydrogens (tertiary/aromatic N) is 1. The lowest BCUT2D eigenvalue weighted by atomic mass is 10.1. The zero-order valence-electron chi connectivity index (χ0n) is 10.6. The van der Waals surface area contributed by atoms with Crippen molar-refractivity contribution in [1.29, 1.82) is 0 Å². The lowest BCUT2D eigenvalue weighted by Gasteiger charge is -2.10. The van der Waals surface area contributed by atoms with E-state index in [0.717, 1.165) is 0 Å². The number of rotatable bonds is 3. The molecule has 2 rings (SSSR count). The molecule has 0 spiro atoms. The number of aromatic amines is 1. The predicted octanol–water partition coefficient (Wildman–Crippen LogP) is 2.81. The van der Waals surface area contributed by atoms with Crippen molar-refractivity contribution in [2.24, 2.45) is 0 Å². The molecule has 0 aliphatic heterocycles. The molecule has 0 bridgehead atoms. The van der Waals surface area contributed by atoms with E-state index in [2.05, 4.69) is 4.98 Å². The minimum atomic E-state index is -4.46. The van der Waals surface area contributed by atoms with Gasteiger partial charge in [0.15, 0.2) is 0 Å². The van der Waals surface area contributed by atoms with Gasteiger partial charge in [-0.05, 0) is 5.56 Å². The van der Waals surface area contributed by atoms with Crippen molar-refractivity contribution in [3.05, 3.63) is 56.3 Å². The number of halogens is 4. The van der Waals surface area contributed by atoms with E-state index in [4.69, 9.17) is 11.6 Å². The third kappa shape index (κ3) is 3.55. The van der Waals surface area contributed by atoms with Crippen LogP contribution in [0.2, 0.25) is 5.15 Å². The molecule has 1 heterocycles. The van der Waals surface area contributed by atoms with Crippen molar-refractivity contribution in [3.63, 3.8) is 0 Å². The second-order valence-electron chi connectivity index (χ2n) is 4.31. The summed E-state index contributed by atoms with van der Waals surface area (Å²) in [5.41, 5.74) is -1.42. The van der Waals surface area contributed by atoms with Crippen LogP contribution in [0.25, 0.3) is 11.1 Å². The SMILES string of the molecule is O=c1[nH]c(Cl)c(-c2ccccc2)c(=O)n1CCC(F)(F)F. The number of hydrogen-bond donors (Lipinski definition) is 1. The van der Waals surface area contributed by atoms with E-state index in [1.165, 1.54) is 0 Å². The molecule has 0 unspecified atom stereocenters. The molecular formula is C13H10ClF3N2O2. The van der Waals surface area contributed by atoms with Crippen molar-refractivity contribution in [1.82, 2.24) is 9.55 Å². The van der Waals surface area contributed by atoms with Gasteiger partial charge in [-0.25, -0.2) is 4.79 Å². The highest BCUT2D eigenvalue weighted by atomic mass is 35.5. The molecule has 0 fully saturated rings. The van der Waals surface area contributed by atoms with Crippen LogP contribution in [0.1, 0.15) is 6.42 Å². The van der Waals surface area contributed by atoms with Crippen molar-refractivity contribution < 1.29 is 13.2 Å². The van der Waals surface area contributed by atoms with Crippen molar-refractivity contribution in [2.75, 3.05) is 0 Å². The molecule has 1 N–H and O–H groups in total. The second kappa shape index (κ2) is 5.77. The number of hydrogen-bond acceptors (Lipinski definition) is 2. The van der Waals surface area contributed by atoms with Gasteiger partial charge in [0.25, 0.3) is 5.56 Å². The Balaban J connectivity index is 2.54. The standard InChI is InChI=1S/C13H10ClF3N2O2/c14-10-9(8-4-2-1-3-5-8)11(20)19(12(21)18-10)7-6-13(15,16)17/h1-5H,6-7H2,(H,18,21). The fraction of sp³-hybridized carbons (Fsp3) is 0.231. The molecule has 2 aromatic rings. The normalized spacial score (nSPS) is 11.6. The Hall–Kier alpha value is -2.02. The average molecular weight is 319 g/mol. The van der Waals surface area contributed by atoms with Gasteiger partial charge < -0.3 is 0 Å². The lowest BCUT2D eigenvalue weighted by Crippen LogP contribution is -2.37. The molecule has 8 heteroatoms. The van der Waals surface area contributed by atoms with Crippen LogP contribution in [0, 0.1) is 0 Å². The number of H-pyrrole nitrogens is 1. The Morgan fingerprint density at radius 3 is 2.33 bits per heavy atom. The number of aromatic nitrogens is 2. The summed E-state index contributed by atoms with van der Waals surface area (Å²) < 4.78 is 37.3. The van der Waals surface area contributed by atoms with E-state index < -0.39 is 30.4 Å². The first kappa shape index (κ1) is 15.4. The van der Waals surface area contributed by atoms with E-state index in [-0.39, 0.29) is 10.7 Å². The number of alkyl halides is 3. The number of benzene rings is 1. The topological polar surface area (TPSA) is 54.9 Å². The maximum atomic E-state index is 12.3. The minimum Gasteiger partial charge on any atom is -0.297 e. The lowest BCUT2D eigenvalue weighted by molar-refractivity contribution is -0.137. The van der Waals surface area contributed by atoms with Crippen LogP contribution in [-0.4, -0.2) is 15.7 Å². The Labute approximate surface area is 121 Å². The molecule has 0 saturated heterocycles. The first-order chi connectivity index (χ1) is 9.79. The Kier molecular flexibility index (Phi) is 4.22. The molecule has 112 valence electrons. The van der Waals surface area contributed by atoms with Crippen LogP contribution in [0.3, 0.4) is 0 Å². The summed E-state index contributed by atoms with van der Waals surface area (Å²) in [6, 6.07) is 8.17. The predicted molar refractivity (Wildman–Crippen MR) is 72.4 cm³/mol. The Morgan fingerprint density at radius 2 is 1.76 bits per heavy atom. The summed E-state index contributed by atoms with van der Waals surface area (Å²) in [5, 5.41) is -0.195. The van der Waals surface area contributed by atoms with Gasteiger partial charge in [0.1, 0.15) is 5.15 Å². The van der Waals surface area contributed by atoms with Gasteiger partial charge >= 0.3 is 11.9 Å². The van der Waals surface area contributed by atoms with Crippen LogP contribution in [0.4, 0.5) is 13.2 Å². The second-order valence-corrected chi connectivity index (χ2v) is 4.69. The third-order valence-corrected chi connectivity index (χ3v) is 3.11. The van der Waals surface area contributed by atoms with E-state index in [9.17, 15) is 22.8 Å². The molecule has 0 atom stereocenters. The quantitative estimate of drug-likeness (QED) is 0.885. The summed E-state index contributed by atoms with van der Waals surface area (Å²) in [6.07, 6.45) is -5.73. The Bertz CT molecular complexity index is 751. The number of nitrogens with one attached hydrogen (secondary N) is 1. The molecule has 0 amide bonds. The molecule has 0 radical (unpaired) electrons. The maximum Gasteiger partial charge on any atom is 0.390 e. The van der Waals surface area contributed by atoms with E-state index in [0.29, 0.717) is 10.1 Å². The van der Waals surface area contributed by atoms with Gasteiger partial charge in [0.05, 0.1) is 12.0 Å². The zero-order valence-corrected chi connectivity index (χ0v) is 11.3. The maximum absolute atomic E-state index is 12.3. The first-order valence-electron chi connectivity index (χ1n) is 5.94. The van der Waals surface area contributed by atoms with Crippen molar-refractivity contribution in [2.45, 2.75) is 19.1 Å². The van der Waals surface area contributed by atoms with Crippen LogP contribution in [0.15, 0.2) is 39.9 Å². The molecule has 0 aliphatic rings. The van der Waals surface area contributed by atoms with Crippen LogP contribution < -0.4 is 11.2 Å². The summed E-state index contributed by atoms with van der Waals surface area (Å²) in [4.78, 5) is 26.0. The van der Waals surface area contributed by atoms with Gasteiger partial charge in [0, 0.05) is 6.54 Å². The molecule has 1 aromatic heterocycles. The van der Waals surface area contributed by atoms with Gasteiger partial charge in [-0.1, -0.05) is 41.9 Å². The molecule has 1 aromatic carbocycles. The van der Waals surface area contributed by atoms with Crippen LogP contribution >= 0.6 is 11.6 Å². The highest BCUT2D eigenvalue weighted by Crippen LogP contribution is 2.22. The fourth-order valence-corrected chi connectivity index (χ4v) is 2.11. The van der Waals surface area contributed by atoms with Gasteiger partial charge in [-0.15, -0.1) is 0 Å². The summed E-state index contributed by atoms with van der Waals surface area (Å²) >= 11 is 5.84. The summed E-state index contributed by atoms with van der Waals surface area (Å²) in [6.45, 7) is -0.755. The smallest absolute Gasteiger partial charge is 0.297 e. The molecule has 0 saturated carbocycles. The van der Waals surface area contributed by atoms with Crippen LogP contribution in [-0.2, 0) is 6.54 Å². The van der Waals surface area contributed by atoms with E-state index >= 15 is 0 Å². The van der Waals surface area contributed by atoms with Crippen molar-refractivity contribution >= 4 is 11.6 Å². The van der Waals surface area contributed by atoms with Crippen molar-refractivity contribution in [3.8, 4) is 11.1 Å². The monoisotopic (exact) mass is 318 g/mol. The fourth-order valence-electron chi connectivity index (χ4n) is 1.84. The Morgan fingerprint density at radius 1 is 1.14 bits per heavy atom. The van der Waals surface area contributed by atoms with Gasteiger partial charge in [0.2, 0.25) is 0 Å². The summed E-state index contributed by atoms with van der Waals surface area (Å²) in [5.74, 6) is 0. The summed E-state index contributed by atoms with van der Waals surface area (Å²) in [7, 11) is 0. The van der Waals surface area contributed by atoms with E-state index in [1.54, 1.807) is 30.3 Å². The highest BCUT2D eigenvalue weighted by molar-refractivity contribution is 6.32. The third-order valence-electron chi connectivity index (χ3n) is 2.82. The van der Waals surface area contributed by atoms with Crippen LogP contribution in [0.5, 0.6) is 0 Å². The molecular weight excluding hydrogens is 309 g/mol. The minimum absolute atomic E-state index is 0.0287. The molecule has 4 nitrogen and oxygen atoms in total.